The Kier molecular flexibility index (Phi) is 6.22. The molecule has 2 aromatic heterocycles. The molecule has 0 bridgehead atoms. The van der Waals surface area contributed by atoms with Gasteiger partial charge in [0.2, 0.25) is 5.78 Å². The molecule has 6 nitrogen and oxygen atoms in total. The van der Waals surface area contributed by atoms with Crippen molar-refractivity contribution in [1.29, 1.82) is 0 Å². The number of rotatable bonds is 5. The summed E-state index contributed by atoms with van der Waals surface area (Å²) < 4.78 is 0. The lowest BCUT2D eigenvalue weighted by Gasteiger charge is -2.27. The molecule has 2 aliphatic rings. The molecule has 1 aromatic carbocycles. The van der Waals surface area contributed by atoms with Crippen molar-refractivity contribution in [2.45, 2.75) is 51.3 Å². The summed E-state index contributed by atoms with van der Waals surface area (Å²) in [5.74, 6) is 0.665. The fourth-order valence-corrected chi connectivity index (χ4v) is 6.17. The fraction of sp³-hybridized carbons (Fsp3) is 0.400. The summed E-state index contributed by atoms with van der Waals surface area (Å²) in [6.45, 7) is 4.97. The summed E-state index contributed by atoms with van der Waals surface area (Å²) in [4.78, 5) is 23.7. The molecule has 172 valence electrons. The van der Waals surface area contributed by atoms with Gasteiger partial charge in [-0.3, -0.25) is 4.79 Å². The normalized spacial score (nSPS) is 24.5. The van der Waals surface area contributed by atoms with E-state index in [-0.39, 0.29) is 29.9 Å². The van der Waals surface area contributed by atoms with Crippen molar-refractivity contribution in [3.63, 3.8) is 0 Å². The van der Waals surface area contributed by atoms with Gasteiger partial charge in [-0.25, -0.2) is 9.97 Å². The second-order valence-corrected chi connectivity index (χ2v) is 10.8. The van der Waals surface area contributed by atoms with E-state index in [1.165, 1.54) is 28.8 Å². The third-order valence-electron chi connectivity index (χ3n) is 6.79. The van der Waals surface area contributed by atoms with Crippen LogP contribution in [0.2, 0.25) is 5.02 Å². The van der Waals surface area contributed by atoms with E-state index < -0.39 is 0 Å². The average molecular weight is 483 g/mol. The van der Waals surface area contributed by atoms with Crippen molar-refractivity contribution in [1.82, 2.24) is 15.3 Å². The van der Waals surface area contributed by atoms with E-state index in [1.807, 2.05) is 25.1 Å². The Morgan fingerprint density at radius 2 is 2.12 bits per heavy atom. The number of ketones is 1. The SMILES string of the molecule is Cc1sc(C(=O)c2cncnc2N[C@@H]2C[C@@H](C)[C@@H](O)C2)cc1[C@H]1NCCc2ccc(Cl)cc21. The number of anilines is 1. The van der Waals surface area contributed by atoms with Crippen LogP contribution in [-0.2, 0) is 6.42 Å². The van der Waals surface area contributed by atoms with Crippen LogP contribution in [0.25, 0.3) is 0 Å². The summed E-state index contributed by atoms with van der Waals surface area (Å²) >= 11 is 7.79. The van der Waals surface area contributed by atoms with Gasteiger partial charge in [-0.05, 0) is 67.0 Å². The molecule has 1 saturated carbocycles. The summed E-state index contributed by atoms with van der Waals surface area (Å²) in [6.07, 6.45) is 5.15. The zero-order valence-electron chi connectivity index (χ0n) is 18.6. The number of thiophene rings is 1. The molecular weight excluding hydrogens is 456 g/mol. The van der Waals surface area contributed by atoms with Crippen molar-refractivity contribution >= 4 is 34.5 Å². The number of hydrogen-bond donors (Lipinski definition) is 3. The van der Waals surface area contributed by atoms with Gasteiger partial charge < -0.3 is 15.7 Å². The first-order valence-electron chi connectivity index (χ1n) is 11.3. The number of aliphatic hydroxyl groups excluding tert-OH is 1. The van der Waals surface area contributed by atoms with Gasteiger partial charge in [-0.1, -0.05) is 24.6 Å². The third kappa shape index (κ3) is 4.43. The number of nitrogens with zero attached hydrogens (tertiary/aromatic N) is 2. The summed E-state index contributed by atoms with van der Waals surface area (Å²) in [7, 11) is 0. The number of nitrogens with one attached hydrogen (secondary N) is 2. The summed E-state index contributed by atoms with van der Waals surface area (Å²) in [5, 5.41) is 17.8. The first-order chi connectivity index (χ1) is 15.9. The number of aromatic nitrogens is 2. The molecule has 4 atom stereocenters. The zero-order chi connectivity index (χ0) is 23.1. The van der Waals surface area contributed by atoms with Crippen LogP contribution in [-0.4, -0.2) is 39.5 Å². The number of fused-ring (bicyclic) bond motifs is 1. The highest BCUT2D eigenvalue weighted by Gasteiger charge is 2.31. The largest absolute Gasteiger partial charge is 0.393 e. The van der Waals surface area contributed by atoms with Gasteiger partial charge in [0, 0.05) is 28.7 Å². The number of carbonyl (C=O) groups excluding carboxylic acids is 1. The van der Waals surface area contributed by atoms with Crippen LogP contribution >= 0.6 is 22.9 Å². The van der Waals surface area contributed by atoms with E-state index in [2.05, 4.69) is 33.6 Å². The van der Waals surface area contributed by atoms with Crippen LogP contribution in [0.5, 0.6) is 0 Å². The fourth-order valence-electron chi connectivity index (χ4n) is 4.98. The minimum absolute atomic E-state index is 0.0105. The molecule has 5 rings (SSSR count). The van der Waals surface area contributed by atoms with Gasteiger partial charge >= 0.3 is 0 Å². The number of benzene rings is 1. The lowest BCUT2D eigenvalue weighted by atomic mass is 9.90. The van der Waals surface area contributed by atoms with E-state index in [0.29, 0.717) is 22.7 Å². The molecule has 1 fully saturated rings. The van der Waals surface area contributed by atoms with Crippen molar-refractivity contribution in [2.24, 2.45) is 5.92 Å². The van der Waals surface area contributed by atoms with Crippen LogP contribution in [0, 0.1) is 12.8 Å². The summed E-state index contributed by atoms with van der Waals surface area (Å²) in [5.41, 5.74) is 4.02. The smallest absolute Gasteiger partial charge is 0.208 e. The molecule has 0 unspecified atom stereocenters. The molecule has 0 radical (unpaired) electrons. The molecule has 0 spiro atoms. The van der Waals surface area contributed by atoms with Crippen LogP contribution < -0.4 is 10.6 Å². The molecule has 8 heteroatoms. The van der Waals surface area contributed by atoms with Gasteiger partial charge in [0.1, 0.15) is 12.1 Å². The van der Waals surface area contributed by atoms with E-state index >= 15 is 0 Å². The maximum absolute atomic E-state index is 13.5. The van der Waals surface area contributed by atoms with Crippen LogP contribution in [0.3, 0.4) is 0 Å². The Labute approximate surface area is 202 Å². The third-order valence-corrected chi connectivity index (χ3v) is 8.09. The molecule has 3 aromatic rings. The van der Waals surface area contributed by atoms with Crippen LogP contribution in [0.1, 0.15) is 62.6 Å². The molecule has 1 aliphatic carbocycles. The highest BCUT2D eigenvalue weighted by Crippen LogP contribution is 2.37. The Morgan fingerprint density at radius 3 is 2.91 bits per heavy atom. The monoisotopic (exact) mass is 482 g/mol. The van der Waals surface area contributed by atoms with Gasteiger partial charge in [-0.15, -0.1) is 11.3 Å². The van der Waals surface area contributed by atoms with Crippen molar-refractivity contribution in [3.05, 3.63) is 73.8 Å². The van der Waals surface area contributed by atoms with E-state index in [4.69, 9.17) is 11.6 Å². The molecule has 0 amide bonds. The number of halogens is 1. The minimum Gasteiger partial charge on any atom is -0.393 e. The number of hydrogen-bond acceptors (Lipinski definition) is 7. The Balaban J connectivity index is 1.43. The lowest BCUT2D eigenvalue weighted by molar-refractivity contribution is 0.104. The Morgan fingerprint density at radius 1 is 1.27 bits per heavy atom. The van der Waals surface area contributed by atoms with Crippen molar-refractivity contribution in [2.75, 3.05) is 11.9 Å². The van der Waals surface area contributed by atoms with Crippen molar-refractivity contribution in [3.8, 4) is 0 Å². The molecule has 3 N–H and O–H groups in total. The zero-order valence-corrected chi connectivity index (χ0v) is 20.2. The minimum atomic E-state index is -0.328. The molecule has 0 saturated heterocycles. The van der Waals surface area contributed by atoms with Crippen molar-refractivity contribution < 1.29 is 9.90 Å². The van der Waals surface area contributed by atoms with E-state index in [9.17, 15) is 9.90 Å². The van der Waals surface area contributed by atoms with Gasteiger partial charge in [-0.2, -0.15) is 0 Å². The second kappa shape index (κ2) is 9.14. The van der Waals surface area contributed by atoms with Crippen LogP contribution in [0.15, 0.2) is 36.8 Å². The Hall–Kier alpha value is -2.32. The molecule has 3 heterocycles. The van der Waals surface area contributed by atoms with E-state index in [1.54, 1.807) is 6.20 Å². The Bertz CT molecular complexity index is 1190. The molecule has 33 heavy (non-hydrogen) atoms. The number of carbonyl (C=O) groups is 1. The molecule has 1 aliphatic heterocycles. The number of aryl methyl sites for hydroxylation is 1. The highest BCUT2D eigenvalue weighted by atomic mass is 35.5. The maximum Gasteiger partial charge on any atom is 0.208 e. The highest BCUT2D eigenvalue weighted by molar-refractivity contribution is 7.14. The molecular formula is C25H27ClN4O2S. The topological polar surface area (TPSA) is 87.1 Å². The average Bonchev–Trinajstić information content (AvgIpc) is 3.34. The van der Waals surface area contributed by atoms with E-state index in [0.717, 1.165) is 34.8 Å². The predicted molar refractivity (Wildman–Crippen MR) is 131 cm³/mol. The van der Waals surface area contributed by atoms with Gasteiger partial charge in [0.15, 0.2) is 0 Å². The van der Waals surface area contributed by atoms with Gasteiger partial charge in [0.05, 0.1) is 22.6 Å². The predicted octanol–water partition coefficient (Wildman–Crippen LogP) is 4.54. The lowest BCUT2D eigenvalue weighted by Crippen LogP contribution is -2.30. The second-order valence-electron chi connectivity index (χ2n) is 9.07. The standard InChI is InChI=1S/C25H27ClN4O2S/c1-13-7-17(9-21(13)31)30-25-20(11-27-12-29-25)24(32)22-10-18(14(2)33-22)23-19-8-16(26)4-3-15(19)5-6-28-23/h3-4,8,10-13,17,21,23,28,31H,5-7,9H2,1-2H3,(H,27,29,30)/t13-,17-,21+,23-/m1/s1. The van der Waals surface area contributed by atoms with Gasteiger partial charge in [0.25, 0.3) is 0 Å². The number of aliphatic hydroxyl groups is 1. The quantitative estimate of drug-likeness (QED) is 0.463. The van der Waals surface area contributed by atoms with Crippen LogP contribution in [0.4, 0.5) is 5.82 Å². The first-order valence-corrected chi connectivity index (χ1v) is 12.5. The maximum atomic E-state index is 13.5. The summed E-state index contributed by atoms with van der Waals surface area (Å²) in [6, 6.07) is 8.15. The first kappa shape index (κ1) is 22.5.